The second kappa shape index (κ2) is 8.69. The van der Waals surface area contributed by atoms with E-state index in [1.54, 1.807) is 12.1 Å². The van der Waals surface area contributed by atoms with Gasteiger partial charge in [0.2, 0.25) is 0 Å². The summed E-state index contributed by atoms with van der Waals surface area (Å²) in [6.07, 6.45) is -1.83. The molecule has 32 heavy (non-hydrogen) atoms. The first-order valence-electron chi connectivity index (χ1n) is 11.2. The zero-order chi connectivity index (χ0) is 22.5. The van der Waals surface area contributed by atoms with Crippen LogP contribution in [0, 0.1) is 0 Å². The van der Waals surface area contributed by atoms with E-state index in [0.29, 0.717) is 22.9 Å². The Kier molecular flexibility index (Phi) is 6.05. The maximum absolute atomic E-state index is 10.4. The van der Waals surface area contributed by atoms with Gasteiger partial charge in [0.15, 0.2) is 0 Å². The van der Waals surface area contributed by atoms with Gasteiger partial charge in [0.25, 0.3) is 0 Å². The Labute approximate surface area is 192 Å². The van der Waals surface area contributed by atoms with Crippen LogP contribution in [0.5, 0.6) is 0 Å². The number of rotatable bonds is 5. The van der Waals surface area contributed by atoms with Crippen LogP contribution < -0.4 is 0 Å². The molecule has 2 aliphatic heterocycles. The third-order valence-corrected chi connectivity index (χ3v) is 7.52. The van der Waals surface area contributed by atoms with Gasteiger partial charge in [0, 0.05) is 10.9 Å². The van der Waals surface area contributed by atoms with Crippen molar-refractivity contribution < 1.29 is 29.9 Å². The van der Waals surface area contributed by atoms with E-state index in [1.165, 1.54) is 18.4 Å². The van der Waals surface area contributed by atoms with Gasteiger partial charge in [-0.1, -0.05) is 48.0 Å². The van der Waals surface area contributed by atoms with Crippen LogP contribution in [-0.4, -0.2) is 63.7 Å². The third kappa shape index (κ3) is 4.21. The van der Waals surface area contributed by atoms with E-state index in [9.17, 15) is 20.4 Å². The first-order valence-corrected chi connectivity index (χ1v) is 11.6. The van der Waals surface area contributed by atoms with E-state index in [1.807, 2.05) is 6.07 Å². The Hall–Kier alpha value is -1.51. The van der Waals surface area contributed by atoms with E-state index in [0.717, 1.165) is 24.2 Å². The molecule has 3 fully saturated rings. The van der Waals surface area contributed by atoms with Crippen molar-refractivity contribution in [1.29, 1.82) is 0 Å². The molecule has 0 aromatic heterocycles. The van der Waals surface area contributed by atoms with Crippen molar-refractivity contribution in [2.24, 2.45) is 0 Å². The summed E-state index contributed by atoms with van der Waals surface area (Å²) >= 11 is 6.45. The van der Waals surface area contributed by atoms with Gasteiger partial charge in [-0.3, -0.25) is 0 Å². The highest BCUT2D eigenvalue weighted by atomic mass is 35.5. The molecule has 4 N–H and O–H groups in total. The number of halogens is 1. The molecule has 5 rings (SSSR count). The Bertz CT molecular complexity index is 957. The average Bonchev–Trinajstić information content (AvgIpc) is 3.43. The average molecular weight is 461 g/mol. The van der Waals surface area contributed by atoms with Gasteiger partial charge in [0.05, 0.1) is 18.8 Å². The fourth-order valence-electron chi connectivity index (χ4n) is 4.96. The van der Waals surface area contributed by atoms with E-state index in [4.69, 9.17) is 21.1 Å². The lowest BCUT2D eigenvalue weighted by Crippen LogP contribution is -2.55. The predicted molar refractivity (Wildman–Crippen MR) is 119 cm³/mol. The van der Waals surface area contributed by atoms with Gasteiger partial charge >= 0.3 is 0 Å². The summed E-state index contributed by atoms with van der Waals surface area (Å²) in [5.74, 6) is 0.463. The molecule has 0 amide bonds. The summed E-state index contributed by atoms with van der Waals surface area (Å²) < 4.78 is 11.7. The SMILES string of the molecule is OC[C@H]1O[C@@H](c2ccc(Cl)c(Cc3ccc(C4COC5(CC5)C4)cc3)c2)[C@H](O)[C@@H](O)[C@@H]1O. The molecule has 1 saturated carbocycles. The van der Waals surface area contributed by atoms with Crippen molar-refractivity contribution in [3.8, 4) is 0 Å². The van der Waals surface area contributed by atoms with Crippen LogP contribution in [0.1, 0.15) is 53.5 Å². The summed E-state index contributed by atoms with van der Waals surface area (Å²) in [4.78, 5) is 0. The second-order valence-electron chi connectivity index (χ2n) is 9.41. The highest BCUT2D eigenvalue weighted by Gasteiger charge is 2.50. The topological polar surface area (TPSA) is 99.4 Å². The molecule has 0 bridgehead atoms. The van der Waals surface area contributed by atoms with Crippen molar-refractivity contribution in [3.05, 3.63) is 69.7 Å². The Balaban J connectivity index is 1.32. The highest BCUT2D eigenvalue weighted by Crippen LogP contribution is 2.51. The summed E-state index contributed by atoms with van der Waals surface area (Å²) in [5, 5.41) is 40.6. The number of aliphatic hydroxyl groups excluding tert-OH is 4. The first kappa shape index (κ1) is 22.3. The molecule has 7 heteroatoms. The molecule has 3 aliphatic rings. The zero-order valence-electron chi connectivity index (χ0n) is 17.7. The minimum Gasteiger partial charge on any atom is -0.394 e. The van der Waals surface area contributed by atoms with Crippen molar-refractivity contribution in [1.82, 2.24) is 0 Å². The lowest BCUT2D eigenvalue weighted by atomic mass is 9.90. The molecule has 2 aromatic carbocycles. The summed E-state index contributed by atoms with van der Waals surface area (Å²) in [6.45, 7) is 0.341. The minimum atomic E-state index is -1.41. The van der Waals surface area contributed by atoms with Crippen LogP contribution in [0.3, 0.4) is 0 Å². The Morgan fingerprint density at radius 3 is 2.31 bits per heavy atom. The molecule has 1 unspecified atom stereocenters. The van der Waals surface area contributed by atoms with E-state index in [2.05, 4.69) is 24.3 Å². The predicted octanol–water partition coefficient (Wildman–Crippen LogP) is 2.48. The summed E-state index contributed by atoms with van der Waals surface area (Å²) in [5.41, 5.74) is 4.09. The fourth-order valence-corrected chi connectivity index (χ4v) is 5.14. The standard InChI is InChI=1S/C25H29ClO6/c26-19-6-5-16(24-23(30)22(29)21(28)20(12-27)32-24)10-17(19)9-14-1-3-15(4-2-14)18-11-25(7-8-25)31-13-18/h1-6,10,18,20-24,27-30H,7-9,11-13H2/t18?,20-,21-,22+,23-,24+/m1/s1. The molecule has 172 valence electrons. The number of hydrogen-bond acceptors (Lipinski definition) is 6. The van der Waals surface area contributed by atoms with Crippen molar-refractivity contribution in [2.75, 3.05) is 13.2 Å². The molecular weight excluding hydrogens is 432 g/mol. The number of benzene rings is 2. The van der Waals surface area contributed by atoms with Crippen molar-refractivity contribution in [3.63, 3.8) is 0 Å². The van der Waals surface area contributed by atoms with E-state index in [-0.39, 0.29) is 5.60 Å². The molecule has 1 aliphatic carbocycles. The van der Waals surface area contributed by atoms with Crippen LogP contribution in [0.2, 0.25) is 5.02 Å². The third-order valence-electron chi connectivity index (χ3n) is 7.15. The first-order chi connectivity index (χ1) is 15.4. The Morgan fingerprint density at radius 1 is 0.938 bits per heavy atom. The minimum absolute atomic E-state index is 0.168. The summed E-state index contributed by atoms with van der Waals surface area (Å²) in [6, 6.07) is 13.9. The Morgan fingerprint density at radius 2 is 1.66 bits per heavy atom. The highest BCUT2D eigenvalue weighted by molar-refractivity contribution is 6.31. The zero-order valence-corrected chi connectivity index (χ0v) is 18.5. The van der Waals surface area contributed by atoms with Gasteiger partial charge in [-0.2, -0.15) is 0 Å². The van der Waals surface area contributed by atoms with Crippen LogP contribution in [0.4, 0.5) is 0 Å². The van der Waals surface area contributed by atoms with Gasteiger partial charge < -0.3 is 29.9 Å². The largest absolute Gasteiger partial charge is 0.394 e. The molecular formula is C25H29ClO6. The van der Waals surface area contributed by atoms with Crippen LogP contribution in [-0.2, 0) is 15.9 Å². The second-order valence-corrected chi connectivity index (χ2v) is 9.82. The normalized spacial score (nSPS) is 33.5. The molecule has 0 radical (unpaired) electrons. The fraction of sp³-hybridized carbons (Fsp3) is 0.520. The lowest BCUT2D eigenvalue weighted by Gasteiger charge is -2.40. The van der Waals surface area contributed by atoms with Crippen molar-refractivity contribution >= 4 is 11.6 Å². The van der Waals surface area contributed by atoms with Gasteiger partial charge in [0.1, 0.15) is 30.5 Å². The monoisotopic (exact) mass is 460 g/mol. The van der Waals surface area contributed by atoms with Crippen LogP contribution in [0.15, 0.2) is 42.5 Å². The molecule has 2 heterocycles. The van der Waals surface area contributed by atoms with E-state index >= 15 is 0 Å². The maximum Gasteiger partial charge on any atom is 0.113 e. The summed E-state index contributed by atoms with van der Waals surface area (Å²) in [7, 11) is 0. The quantitative estimate of drug-likeness (QED) is 0.547. The number of aliphatic hydroxyl groups is 4. The number of hydrogen-bond donors (Lipinski definition) is 4. The molecule has 6 nitrogen and oxygen atoms in total. The molecule has 1 spiro atoms. The van der Waals surface area contributed by atoms with Crippen molar-refractivity contribution in [2.45, 2.75) is 67.7 Å². The molecule has 2 saturated heterocycles. The van der Waals surface area contributed by atoms with E-state index < -0.39 is 37.1 Å². The lowest BCUT2D eigenvalue weighted by molar-refractivity contribution is -0.231. The van der Waals surface area contributed by atoms with Crippen LogP contribution in [0.25, 0.3) is 0 Å². The maximum atomic E-state index is 10.4. The molecule has 6 atom stereocenters. The van der Waals surface area contributed by atoms with Gasteiger partial charge in [-0.25, -0.2) is 0 Å². The van der Waals surface area contributed by atoms with Gasteiger partial charge in [-0.15, -0.1) is 0 Å². The number of ether oxygens (including phenoxy) is 2. The molecule has 2 aromatic rings. The van der Waals surface area contributed by atoms with Gasteiger partial charge in [-0.05, 0) is 54.0 Å². The van der Waals surface area contributed by atoms with Crippen LogP contribution >= 0.6 is 11.6 Å². The smallest absolute Gasteiger partial charge is 0.113 e.